The Morgan fingerprint density at radius 1 is 1.28 bits per heavy atom. The second-order valence-corrected chi connectivity index (χ2v) is 4.60. The Morgan fingerprint density at radius 2 is 1.83 bits per heavy atom. The molecule has 0 aliphatic carbocycles. The minimum atomic E-state index is -0.791. The molecule has 0 aromatic carbocycles. The Kier molecular flexibility index (Phi) is 5.12. The minimum Gasteiger partial charge on any atom is -0.481 e. The van der Waals surface area contributed by atoms with Crippen LogP contribution in [0.3, 0.4) is 0 Å². The topological polar surface area (TPSA) is 77.9 Å². The second-order valence-electron chi connectivity index (χ2n) is 4.60. The maximum absolute atomic E-state index is 11.9. The molecule has 0 atom stereocenters. The molecule has 1 saturated heterocycles. The fourth-order valence-electron chi connectivity index (χ4n) is 2.04. The van der Waals surface area contributed by atoms with Gasteiger partial charge in [-0.05, 0) is 12.8 Å². The summed E-state index contributed by atoms with van der Waals surface area (Å²) in [5.41, 5.74) is 0. The Morgan fingerprint density at radius 3 is 2.28 bits per heavy atom. The van der Waals surface area contributed by atoms with E-state index in [0.29, 0.717) is 32.4 Å². The maximum Gasteiger partial charge on any atom is 0.306 e. The molecular weight excluding hydrogens is 236 g/mol. The van der Waals surface area contributed by atoms with E-state index < -0.39 is 5.97 Å². The first kappa shape index (κ1) is 14.5. The molecule has 0 spiro atoms. The van der Waals surface area contributed by atoms with Crippen molar-refractivity contribution in [2.24, 2.45) is 5.92 Å². The molecule has 102 valence electrons. The minimum absolute atomic E-state index is 0.0660. The summed E-state index contributed by atoms with van der Waals surface area (Å²) in [6.45, 7) is 2.75. The third-order valence-electron chi connectivity index (χ3n) is 3.30. The van der Waals surface area contributed by atoms with E-state index in [0.717, 1.165) is 0 Å². The Balaban J connectivity index is 2.41. The number of hydrogen-bond acceptors (Lipinski definition) is 3. The number of aliphatic carboxylic acids is 1. The monoisotopic (exact) mass is 256 g/mol. The summed E-state index contributed by atoms with van der Waals surface area (Å²) in [5, 5.41) is 8.86. The van der Waals surface area contributed by atoms with Crippen molar-refractivity contribution in [3.63, 3.8) is 0 Å². The van der Waals surface area contributed by atoms with Gasteiger partial charge in [0, 0.05) is 26.6 Å². The zero-order valence-electron chi connectivity index (χ0n) is 10.9. The van der Waals surface area contributed by atoms with Crippen molar-refractivity contribution in [3.8, 4) is 0 Å². The fraction of sp³-hybridized carbons (Fsp3) is 0.750. The Hall–Kier alpha value is -1.59. The van der Waals surface area contributed by atoms with Gasteiger partial charge in [0.25, 0.3) is 0 Å². The first-order valence-electron chi connectivity index (χ1n) is 6.20. The van der Waals surface area contributed by atoms with Gasteiger partial charge >= 0.3 is 5.97 Å². The summed E-state index contributed by atoms with van der Waals surface area (Å²) in [4.78, 5) is 37.1. The van der Waals surface area contributed by atoms with Crippen molar-refractivity contribution in [3.05, 3.63) is 0 Å². The van der Waals surface area contributed by atoms with Crippen molar-refractivity contribution in [2.45, 2.75) is 26.2 Å². The van der Waals surface area contributed by atoms with Gasteiger partial charge in [0.15, 0.2) is 0 Å². The molecule has 0 radical (unpaired) electrons. The number of likely N-dealkylation sites (tertiary alicyclic amines) is 1. The van der Waals surface area contributed by atoms with Crippen LogP contribution in [-0.4, -0.2) is 59.4 Å². The lowest BCUT2D eigenvalue weighted by atomic mass is 9.97. The van der Waals surface area contributed by atoms with Crippen molar-refractivity contribution in [1.82, 2.24) is 9.80 Å². The number of piperidine rings is 1. The lowest BCUT2D eigenvalue weighted by Gasteiger charge is -2.31. The molecule has 0 bridgehead atoms. The summed E-state index contributed by atoms with van der Waals surface area (Å²) < 4.78 is 0. The van der Waals surface area contributed by atoms with Crippen molar-refractivity contribution in [1.29, 1.82) is 0 Å². The molecule has 18 heavy (non-hydrogen) atoms. The summed E-state index contributed by atoms with van der Waals surface area (Å²) in [7, 11) is 1.60. The normalized spacial score (nSPS) is 16.4. The van der Waals surface area contributed by atoms with E-state index in [2.05, 4.69) is 0 Å². The molecule has 1 rings (SSSR count). The molecule has 6 heteroatoms. The van der Waals surface area contributed by atoms with Gasteiger partial charge in [-0.2, -0.15) is 0 Å². The molecule has 6 nitrogen and oxygen atoms in total. The summed E-state index contributed by atoms with van der Waals surface area (Å²) in [6, 6.07) is 0. The number of nitrogens with zero attached hydrogens (tertiary/aromatic N) is 2. The van der Waals surface area contributed by atoms with Crippen LogP contribution in [0, 0.1) is 5.92 Å². The smallest absolute Gasteiger partial charge is 0.306 e. The van der Waals surface area contributed by atoms with Crippen LogP contribution < -0.4 is 0 Å². The van der Waals surface area contributed by atoms with Gasteiger partial charge in [0.05, 0.1) is 12.5 Å². The third-order valence-corrected chi connectivity index (χ3v) is 3.30. The van der Waals surface area contributed by atoms with Crippen LogP contribution in [0.15, 0.2) is 0 Å². The summed E-state index contributed by atoms with van der Waals surface area (Å²) in [5.74, 6) is -1.31. The Labute approximate surface area is 107 Å². The summed E-state index contributed by atoms with van der Waals surface area (Å²) >= 11 is 0. The van der Waals surface area contributed by atoms with Gasteiger partial charge < -0.3 is 14.9 Å². The molecular formula is C12H20N2O4. The van der Waals surface area contributed by atoms with Crippen LogP contribution in [0.1, 0.15) is 26.2 Å². The van der Waals surface area contributed by atoms with E-state index in [1.165, 1.54) is 4.90 Å². The molecule has 0 unspecified atom stereocenters. The average Bonchev–Trinajstić information content (AvgIpc) is 2.37. The third kappa shape index (κ3) is 3.72. The lowest BCUT2D eigenvalue weighted by Crippen LogP contribution is -2.45. The average molecular weight is 256 g/mol. The molecule has 0 aromatic heterocycles. The van der Waals surface area contributed by atoms with E-state index in [4.69, 9.17) is 5.11 Å². The molecule has 1 fully saturated rings. The Bertz CT molecular complexity index is 335. The molecule has 0 saturated carbocycles. The van der Waals surface area contributed by atoms with Crippen LogP contribution in [-0.2, 0) is 14.4 Å². The van der Waals surface area contributed by atoms with Crippen LogP contribution in [0.5, 0.6) is 0 Å². The highest BCUT2D eigenvalue weighted by molar-refractivity contribution is 5.84. The van der Waals surface area contributed by atoms with Crippen LogP contribution >= 0.6 is 0 Å². The fourth-order valence-corrected chi connectivity index (χ4v) is 2.04. The van der Waals surface area contributed by atoms with Crippen molar-refractivity contribution in [2.75, 3.05) is 26.7 Å². The molecule has 2 amide bonds. The number of likely N-dealkylation sites (N-methyl/N-ethyl adjacent to an activating group) is 1. The molecule has 1 N–H and O–H groups in total. The first-order chi connectivity index (χ1) is 8.45. The number of amides is 2. The van der Waals surface area contributed by atoms with Gasteiger partial charge in [-0.1, -0.05) is 6.92 Å². The van der Waals surface area contributed by atoms with Crippen LogP contribution in [0.2, 0.25) is 0 Å². The standard InChI is InChI=1S/C12H20N2O4/c1-3-10(15)13(2)8-11(16)14-6-4-9(5-7-14)12(17)18/h9H,3-8H2,1-2H3,(H,17,18). The maximum atomic E-state index is 11.9. The largest absolute Gasteiger partial charge is 0.481 e. The highest BCUT2D eigenvalue weighted by atomic mass is 16.4. The lowest BCUT2D eigenvalue weighted by molar-refractivity contribution is -0.146. The quantitative estimate of drug-likeness (QED) is 0.778. The van der Waals surface area contributed by atoms with Gasteiger partial charge in [-0.15, -0.1) is 0 Å². The molecule has 0 aromatic rings. The van der Waals surface area contributed by atoms with E-state index in [1.807, 2.05) is 0 Å². The molecule has 1 aliphatic heterocycles. The number of carboxylic acid groups (broad SMARTS) is 1. The highest BCUT2D eigenvalue weighted by Gasteiger charge is 2.27. The number of carbonyl (C=O) groups is 3. The van der Waals surface area contributed by atoms with E-state index in [1.54, 1.807) is 18.9 Å². The van der Waals surface area contributed by atoms with E-state index >= 15 is 0 Å². The number of rotatable bonds is 4. The molecule has 1 aliphatic rings. The zero-order valence-corrected chi connectivity index (χ0v) is 10.9. The SMILES string of the molecule is CCC(=O)N(C)CC(=O)N1CCC(C(=O)O)CC1. The predicted octanol–water partition coefficient (Wildman–Crippen LogP) is 0.178. The van der Waals surface area contributed by atoms with E-state index in [-0.39, 0.29) is 24.3 Å². The van der Waals surface area contributed by atoms with Crippen LogP contribution in [0.25, 0.3) is 0 Å². The number of carboxylic acids is 1. The second kappa shape index (κ2) is 6.37. The van der Waals surface area contributed by atoms with Gasteiger partial charge in [-0.3, -0.25) is 14.4 Å². The van der Waals surface area contributed by atoms with Crippen LogP contribution in [0.4, 0.5) is 0 Å². The number of carbonyl (C=O) groups excluding carboxylic acids is 2. The zero-order chi connectivity index (χ0) is 13.7. The highest BCUT2D eigenvalue weighted by Crippen LogP contribution is 2.17. The van der Waals surface area contributed by atoms with Gasteiger partial charge in [0.2, 0.25) is 11.8 Å². The van der Waals surface area contributed by atoms with Gasteiger partial charge in [-0.25, -0.2) is 0 Å². The van der Waals surface area contributed by atoms with Crippen molar-refractivity contribution < 1.29 is 19.5 Å². The van der Waals surface area contributed by atoms with Gasteiger partial charge in [0.1, 0.15) is 0 Å². The first-order valence-corrected chi connectivity index (χ1v) is 6.20. The predicted molar refractivity (Wildman–Crippen MR) is 64.9 cm³/mol. The van der Waals surface area contributed by atoms with E-state index in [9.17, 15) is 14.4 Å². The number of hydrogen-bond donors (Lipinski definition) is 1. The molecule has 1 heterocycles. The summed E-state index contributed by atoms with van der Waals surface area (Å²) in [6.07, 6.45) is 1.36. The van der Waals surface area contributed by atoms with Crippen molar-refractivity contribution >= 4 is 17.8 Å².